The number of hydrogen-bond acceptors (Lipinski definition) is 2. The zero-order valence-corrected chi connectivity index (χ0v) is 10.7. The van der Waals surface area contributed by atoms with Gasteiger partial charge in [-0.15, -0.1) is 0 Å². The summed E-state index contributed by atoms with van der Waals surface area (Å²) in [6, 6.07) is 19.7. The third-order valence-electron chi connectivity index (χ3n) is 3.38. The molecule has 1 N–H and O–H groups in total. The molecule has 94 valence electrons. The van der Waals surface area contributed by atoms with E-state index in [9.17, 15) is 5.11 Å². The minimum atomic E-state index is -0.675. The Balaban J connectivity index is 2.07. The van der Waals surface area contributed by atoms with E-state index in [1.165, 1.54) is 0 Å². The number of aryl methyl sites for hydroxylation is 1. The minimum Gasteiger partial charge on any atom is -0.382 e. The Labute approximate surface area is 112 Å². The van der Waals surface area contributed by atoms with Crippen LogP contribution in [0.15, 0.2) is 60.7 Å². The maximum Gasteiger partial charge on any atom is 0.121 e. The van der Waals surface area contributed by atoms with Gasteiger partial charge in [-0.25, -0.2) is 4.98 Å². The lowest BCUT2D eigenvalue weighted by atomic mass is 10.0. The first kappa shape index (κ1) is 11.9. The van der Waals surface area contributed by atoms with E-state index in [-0.39, 0.29) is 0 Å². The van der Waals surface area contributed by atoms with Gasteiger partial charge in [-0.05, 0) is 30.2 Å². The zero-order valence-electron chi connectivity index (χ0n) is 10.7. The SMILES string of the molecule is Cc1ccccc1[C@@H](O)c1ccc2ccccc2n1. The lowest BCUT2D eigenvalue weighted by molar-refractivity contribution is 0.215. The molecule has 2 heteroatoms. The highest BCUT2D eigenvalue weighted by atomic mass is 16.3. The molecule has 0 bridgehead atoms. The van der Waals surface area contributed by atoms with Crippen LogP contribution < -0.4 is 0 Å². The lowest BCUT2D eigenvalue weighted by Gasteiger charge is -2.13. The van der Waals surface area contributed by atoms with E-state index in [0.717, 1.165) is 22.0 Å². The van der Waals surface area contributed by atoms with Crippen molar-refractivity contribution in [1.82, 2.24) is 4.98 Å². The van der Waals surface area contributed by atoms with Crippen molar-refractivity contribution >= 4 is 10.9 Å². The van der Waals surface area contributed by atoms with Crippen molar-refractivity contribution in [3.05, 3.63) is 77.5 Å². The fourth-order valence-corrected chi connectivity index (χ4v) is 2.29. The Bertz CT molecular complexity index is 721. The number of aliphatic hydroxyl groups excluding tert-OH is 1. The number of fused-ring (bicyclic) bond motifs is 1. The summed E-state index contributed by atoms with van der Waals surface area (Å²) in [5.74, 6) is 0. The van der Waals surface area contributed by atoms with Crippen LogP contribution >= 0.6 is 0 Å². The number of aliphatic hydroxyl groups is 1. The highest BCUT2D eigenvalue weighted by molar-refractivity contribution is 5.78. The van der Waals surface area contributed by atoms with Crippen LogP contribution in [0.4, 0.5) is 0 Å². The summed E-state index contributed by atoms with van der Waals surface area (Å²) < 4.78 is 0. The number of benzene rings is 2. The van der Waals surface area contributed by atoms with Crippen LogP contribution in [0.2, 0.25) is 0 Å². The van der Waals surface area contributed by atoms with E-state index in [1.807, 2.05) is 67.6 Å². The summed E-state index contributed by atoms with van der Waals surface area (Å²) in [5, 5.41) is 11.6. The van der Waals surface area contributed by atoms with Gasteiger partial charge < -0.3 is 5.11 Å². The van der Waals surface area contributed by atoms with Crippen molar-refractivity contribution in [2.45, 2.75) is 13.0 Å². The first-order chi connectivity index (χ1) is 9.25. The Morgan fingerprint density at radius 3 is 2.47 bits per heavy atom. The molecule has 19 heavy (non-hydrogen) atoms. The third kappa shape index (κ3) is 2.23. The average molecular weight is 249 g/mol. The molecular weight excluding hydrogens is 234 g/mol. The van der Waals surface area contributed by atoms with Crippen LogP contribution in [0.5, 0.6) is 0 Å². The maximum atomic E-state index is 10.5. The van der Waals surface area contributed by atoms with Gasteiger partial charge in [-0.1, -0.05) is 48.5 Å². The molecule has 0 amide bonds. The second kappa shape index (κ2) is 4.82. The Kier molecular flexibility index (Phi) is 3.02. The van der Waals surface area contributed by atoms with E-state index < -0.39 is 6.10 Å². The van der Waals surface area contributed by atoms with Crippen LogP contribution in [0.3, 0.4) is 0 Å². The predicted octanol–water partition coefficient (Wildman–Crippen LogP) is 3.62. The van der Waals surface area contributed by atoms with Crippen LogP contribution in [0, 0.1) is 6.92 Å². The number of rotatable bonds is 2. The number of para-hydroxylation sites is 1. The van der Waals surface area contributed by atoms with Crippen LogP contribution in [-0.2, 0) is 0 Å². The molecule has 1 aromatic heterocycles. The Morgan fingerprint density at radius 1 is 0.895 bits per heavy atom. The number of pyridine rings is 1. The van der Waals surface area contributed by atoms with Gasteiger partial charge in [0.05, 0.1) is 11.2 Å². The lowest BCUT2D eigenvalue weighted by Crippen LogP contribution is -2.04. The van der Waals surface area contributed by atoms with E-state index >= 15 is 0 Å². The van der Waals surface area contributed by atoms with Crippen LogP contribution in [0.1, 0.15) is 22.9 Å². The quantitative estimate of drug-likeness (QED) is 0.752. The molecule has 0 saturated carbocycles. The molecule has 3 aromatic rings. The van der Waals surface area contributed by atoms with E-state index in [2.05, 4.69) is 4.98 Å². The van der Waals surface area contributed by atoms with Gasteiger partial charge in [0.15, 0.2) is 0 Å². The molecule has 2 nitrogen and oxygen atoms in total. The van der Waals surface area contributed by atoms with Gasteiger partial charge in [-0.3, -0.25) is 0 Å². The molecule has 1 atom stereocenters. The molecule has 0 aliphatic heterocycles. The summed E-state index contributed by atoms with van der Waals surface area (Å²) >= 11 is 0. The summed E-state index contributed by atoms with van der Waals surface area (Å²) in [6.45, 7) is 2.00. The van der Waals surface area contributed by atoms with Gasteiger partial charge in [0.25, 0.3) is 0 Å². The van der Waals surface area contributed by atoms with Crippen LogP contribution in [-0.4, -0.2) is 10.1 Å². The molecular formula is C17H15NO. The van der Waals surface area contributed by atoms with Gasteiger partial charge in [0.1, 0.15) is 6.10 Å². The van der Waals surface area contributed by atoms with Crippen molar-refractivity contribution < 1.29 is 5.11 Å². The molecule has 0 aliphatic carbocycles. The van der Waals surface area contributed by atoms with E-state index in [0.29, 0.717) is 5.69 Å². The molecule has 0 spiro atoms. The summed E-state index contributed by atoms with van der Waals surface area (Å²) in [5.41, 5.74) is 3.58. The predicted molar refractivity (Wildman–Crippen MR) is 77.0 cm³/mol. The smallest absolute Gasteiger partial charge is 0.121 e. The molecule has 0 radical (unpaired) electrons. The molecule has 0 unspecified atom stereocenters. The van der Waals surface area contributed by atoms with Gasteiger partial charge in [-0.2, -0.15) is 0 Å². The summed E-state index contributed by atoms with van der Waals surface area (Å²) in [7, 11) is 0. The normalized spacial score (nSPS) is 12.5. The number of hydrogen-bond donors (Lipinski definition) is 1. The van der Waals surface area contributed by atoms with Crippen molar-refractivity contribution in [1.29, 1.82) is 0 Å². The summed E-state index contributed by atoms with van der Waals surface area (Å²) in [4.78, 5) is 4.54. The highest BCUT2D eigenvalue weighted by Gasteiger charge is 2.14. The second-order valence-corrected chi connectivity index (χ2v) is 4.69. The average Bonchev–Trinajstić information content (AvgIpc) is 2.46. The fourth-order valence-electron chi connectivity index (χ4n) is 2.29. The van der Waals surface area contributed by atoms with Gasteiger partial charge >= 0.3 is 0 Å². The van der Waals surface area contributed by atoms with E-state index in [4.69, 9.17) is 0 Å². The minimum absolute atomic E-state index is 0.675. The topological polar surface area (TPSA) is 33.1 Å². The molecule has 1 heterocycles. The Hall–Kier alpha value is -2.19. The zero-order chi connectivity index (χ0) is 13.2. The third-order valence-corrected chi connectivity index (χ3v) is 3.38. The van der Waals surface area contributed by atoms with Gasteiger partial charge in [0.2, 0.25) is 0 Å². The number of nitrogens with zero attached hydrogens (tertiary/aromatic N) is 1. The highest BCUT2D eigenvalue weighted by Crippen LogP contribution is 2.24. The standard InChI is InChI=1S/C17H15NO/c1-12-6-2-4-8-14(12)17(19)16-11-10-13-7-3-5-9-15(13)18-16/h2-11,17,19H,1H3/t17-/m1/s1. The number of aromatic nitrogens is 1. The second-order valence-electron chi connectivity index (χ2n) is 4.69. The maximum absolute atomic E-state index is 10.5. The Morgan fingerprint density at radius 2 is 1.63 bits per heavy atom. The van der Waals surface area contributed by atoms with Crippen molar-refractivity contribution in [3.63, 3.8) is 0 Å². The largest absolute Gasteiger partial charge is 0.382 e. The van der Waals surface area contributed by atoms with E-state index in [1.54, 1.807) is 0 Å². The summed E-state index contributed by atoms with van der Waals surface area (Å²) in [6.07, 6.45) is -0.675. The molecule has 0 fully saturated rings. The van der Waals surface area contributed by atoms with Crippen molar-refractivity contribution in [2.24, 2.45) is 0 Å². The fraction of sp³-hybridized carbons (Fsp3) is 0.118. The molecule has 3 rings (SSSR count). The first-order valence-electron chi connectivity index (χ1n) is 6.35. The van der Waals surface area contributed by atoms with Gasteiger partial charge in [0, 0.05) is 5.39 Å². The molecule has 0 aliphatic rings. The van der Waals surface area contributed by atoms with Crippen molar-refractivity contribution in [3.8, 4) is 0 Å². The van der Waals surface area contributed by atoms with Crippen LogP contribution in [0.25, 0.3) is 10.9 Å². The first-order valence-corrected chi connectivity index (χ1v) is 6.35. The molecule has 2 aromatic carbocycles. The van der Waals surface area contributed by atoms with Crippen molar-refractivity contribution in [2.75, 3.05) is 0 Å². The molecule has 0 saturated heterocycles. The monoisotopic (exact) mass is 249 g/mol.